The predicted octanol–water partition coefficient (Wildman–Crippen LogP) is 4.32. The van der Waals surface area contributed by atoms with Crippen LogP contribution in [-0.2, 0) is 6.54 Å². The molecular weight excluding hydrogens is 374 g/mol. The summed E-state index contributed by atoms with van der Waals surface area (Å²) < 4.78 is 1.53. The van der Waals surface area contributed by atoms with Gasteiger partial charge in [0.25, 0.3) is 6.17 Å². The standard InChI is InChI=1S/C21H25N3OS2/c1-21(2)19(23(20(26)27-21)14-16-8-6-5-7-9-16)24(25)15-17-10-12-18(13-11-17)22(3)4/h5-13,15,19H,14H2,1-4H3/b24-15-/t19-/m0/s1. The number of anilines is 1. The number of thiocarbonyl (C=S) groups is 1. The maximum Gasteiger partial charge on any atom is 0.254 e. The van der Waals surface area contributed by atoms with Crippen molar-refractivity contribution in [3.05, 3.63) is 70.9 Å². The summed E-state index contributed by atoms with van der Waals surface area (Å²) in [4.78, 5) is 4.07. The average Bonchev–Trinajstić information content (AvgIpc) is 2.84. The first-order valence-corrected chi connectivity index (χ1v) is 10.1. The summed E-state index contributed by atoms with van der Waals surface area (Å²) in [5.74, 6) is 0. The second-order valence-corrected chi connectivity index (χ2v) is 9.72. The summed E-state index contributed by atoms with van der Waals surface area (Å²) in [5.41, 5.74) is 3.13. The fraction of sp³-hybridized carbons (Fsp3) is 0.333. The molecule has 1 saturated heterocycles. The zero-order valence-corrected chi connectivity index (χ0v) is 17.8. The van der Waals surface area contributed by atoms with Gasteiger partial charge in [0.1, 0.15) is 9.07 Å². The van der Waals surface area contributed by atoms with Crippen molar-refractivity contribution in [3.63, 3.8) is 0 Å². The Morgan fingerprint density at radius 1 is 1.15 bits per heavy atom. The molecule has 6 heteroatoms. The molecule has 0 saturated carbocycles. The molecule has 0 bridgehead atoms. The third-order valence-corrected chi connectivity index (χ3v) is 6.26. The van der Waals surface area contributed by atoms with Crippen LogP contribution in [0.15, 0.2) is 54.6 Å². The molecular formula is C21H25N3OS2. The van der Waals surface area contributed by atoms with Crippen LogP contribution in [0.2, 0.25) is 0 Å². The number of hydrogen-bond acceptors (Lipinski definition) is 4. The molecule has 27 heavy (non-hydrogen) atoms. The molecule has 1 heterocycles. The third-order valence-electron chi connectivity index (χ3n) is 4.62. The van der Waals surface area contributed by atoms with Crippen molar-refractivity contribution < 1.29 is 4.74 Å². The van der Waals surface area contributed by atoms with Gasteiger partial charge in [-0.05, 0) is 43.7 Å². The van der Waals surface area contributed by atoms with E-state index in [1.54, 1.807) is 18.0 Å². The van der Waals surface area contributed by atoms with E-state index < -0.39 is 0 Å². The van der Waals surface area contributed by atoms with Gasteiger partial charge in [-0.15, -0.1) is 0 Å². The van der Waals surface area contributed by atoms with Crippen LogP contribution in [0, 0.1) is 5.21 Å². The molecule has 0 aromatic heterocycles. The van der Waals surface area contributed by atoms with Crippen LogP contribution >= 0.6 is 24.0 Å². The number of thioether (sulfide) groups is 1. The maximum absolute atomic E-state index is 13.1. The summed E-state index contributed by atoms with van der Waals surface area (Å²) in [6, 6.07) is 18.1. The van der Waals surface area contributed by atoms with Gasteiger partial charge in [-0.25, -0.2) is 0 Å². The third kappa shape index (κ3) is 4.45. The van der Waals surface area contributed by atoms with Crippen molar-refractivity contribution in [2.24, 2.45) is 0 Å². The van der Waals surface area contributed by atoms with Gasteiger partial charge >= 0.3 is 0 Å². The molecule has 0 spiro atoms. The molecule has 0 amide bonds. The van der Waals surface area contributed by atoms with Gasteiger partial charge in [0.2, 0.25) is 0 Å². The van der Waals surface area contributed by atoms with E-state index in [1.165, 1.54) is 0 Å². The number of nitrogens with zero attached hydrogens (tertiary/aromatic N) is 3. The second kappa shape index (κ2) is 7.90. The molecule has 1 atom stereocenters. The summed E-state index contributed by atoms with van der Waals surface area (Å²) in [7, 11) is 4.00. The quantitative estimate of drug-likeness (QED) is 0.246. The lowest BCUT2D eigenvalue weighted by Gasteiger charge is -2.29. The average molecular weight is 400 g/mol. The summed E-state index contributed by atoms with van der Waals surface area (Å²) in [6.07, 6.45) is 1.31. The smallest absolute Gasteiger partial charge is 0.254 e. The Morgan fingerprint density at radius 3 is 2.37 bits per heavy atom. The molecule has 1 aliphatic heterocycles. The zero-order chi connectivity index (χ0) is 19.6. The van der Waals surface area contributed by atoms with E-state index in [-0.39, 0.29) is 10.9 Å². The minimum Gasteiger partial charge on any atom is -0.622 e. The highest BCUT2D eigenvalue weighted by Crippen LogP contribution is 2.42. The van der Waals surface area contributed by atoms with Crippen molar-refractivity contribution in [2.75, 3.05) is 19.0 Å². The van der Waals surface area contributed by atoms with Crippen molar-refractivity contribution in [1.29, 1.82) is 0 Å². The van der Waals surface area contributed by atoms with Gasteiger partial charge in [-0.1, -0.05) is 54.3 Å². The molecule has 0 aliphatic carbocycles. The zero-order valence-electron chi connectivity index (χ0n) is 16.1. The number of benzene rings is 2. The lowest BCUT2D eigenvalue weighted by molar-refractivity contribution is -0.524. The van der Waals surface area contributed by atoms with Gasteiger partial charge in [0, 0.05) is 25.3 Å². The highest BCUT2D eigenvalue weighted by Gasteiger charge is 2.50. The summed E-state index contributed by atoms with van der Waals surface area (Å²) in [6.45, 7) is 4.79. The Hall–Kier alpha value is -2.05. The Balaban J connectivity index is 1.88. The fourth-order valence-corrected chi connectivity index (χ4v) is 5.14. The van der Waals surface area contributed by atoms with E-state index >= 15 is 0 Å². The second-order valence-electron chi connectivity index (χ2n) is 7.43. The van der Waals surface area contributed by atoms with Crippen LogP contribution in [0.3, 0.4) is 0 Å². The van der Waals surface area contributed by atoms with E-state index in [0.717, 1.165) is 25.9 Å². The number of rotatable bonds is 5. The van der Waals surface area contributed by atoms with E-state index in [9.17, 15) is 5.21 Å². The molecule has 2 aromatic carbocycles. The first kappa shape index (κ1) is 19.7. The van der Waals surface area contributed by atoms with Crippen molar-refractivity contribution >= 4 is 40.2 Å². The SMILES string of the molecule is CN(C)c1ccc(/C=[N+](\[O-])[C@@H]2N(Cc3ccccc3)C(=S)SC2(C)C)cc1. The Morgan fingerprint density at radius 2 is 1.78 bits per heavy atom. The highest BCUT2D eigenvalue weighted by atomic mass is 32.2. The lowest BCUT2D eigenvalue weighted by atomic mass is 10.1. The van der Waals surface area contributed by atoms with Crippen molar-refractivity contribution in [1.82, 2.24) is 4.90 Å². The molecule has 0 N–H and O–H groups in total. The largest absolute Gasteiger partial charge is 0.622 e. The van der Waals surface area contributed by atoms with E-state index in [2.05, 4.69) is 26.0 Å². The maximum atomic E-state index is 13.1. The molecule has 1 fully saturated rings. The minimum absolute atomic E-state index is 0.298. The molecule has 142 valence electrons. The lowest BCUT2D eigenvalue weighted by Crippen LogP contribution is -2.47. The molecule has 0 unspecified atom stereocenters. The van der Waals surface area contributed by atoms with E-state index in [4.69, 9.17) is 12.2 Å². The molecule has 4 nitrogen and oxygen atoms in total. The minimum atomic E-state index is -0.358. The van der Waals surface area contributed by atoms with Crippen LogP contribution in [0.1, 0.15) is 25.0 Å². The molecule has 1 aliphatic rings. The van der Waals surface area contributed by atoms with Crippen molar-refractivity contribution in [2.45, 2.75) is 31.3 Å². The van der Waals surface area contributed by atoms with Gasteiger partial charge in [-0.2, -0.15) is 4.74 Å². The Kier molecular flexibility index (Phi) is 5.77. The van der Waals surface area contributed by atoms with Crippen LogP contribution in [-0.4, -0.2) is 45.2 Å². The highest BCUT2D eigenvalue weighted by molar-refractivity contribution is 8.24. The number of hydrogen-bond donors (Lipinski definition) is 0. The van der Waals surface area contributed by atoms with Crippen LogP contribution < -0.4 is 4.90 Å². The van der Waals surface area contributed by atoms with E-state index in [0.29, 0.717) is 6.54 Å². The first-order valence-electron chi connectivity index (χ1n) is 8.89. The van der Waals surface area contributed by atoms with Crippen LogP contribution in [0.5, 0.6) is 0 Å². The molecule has 2 aromatic rings. The fourth-order valence-electron chi connectivity index (χ4n) is 3.26. The Labute approximate surface area is 171 Å². The first-order chi connectivity index (χ1) is 12.8. The van der Waals surface area contributed by atoms with Crippen LogP contribution in [0.4, 0.5) is 5.69 Å². The van der Waals surface area contributed by atoms with Gasteiger partial charge < -0.3 is 10.1 Å². The topological polar surface area (TPSA) is 32.5 Å². The molecule has 0 radical (unpaired) electrons. The van der Waals surface area contributed by atoms with Gasteiger partial charge in [0.15, 0.2) is 6.21 Å². The van der Waals surface area contributed by atoms with Crippen LogP contribution in [0.25, 0.3) is 0 Å². The van der Waals surface area contributed by atoms with E-state index in [1.807, 2.05) is 66.4 Å². The summed E-state index contributed by atoms with van der Waals surface area (Å²) in [5, 5.41) is 13.1. The Bertz CT molecular complexity index is 832. The monoisotopic (exact) mass is 399 g/mol. The van der Waals surface area contributed by atoms with Gasteiger partial charge in [-0.3, -0.25) is 4.90 Å². The molecule has 3 rings (SSSR count). The normalized spacial score (nSPS) is 19.4. The number of hydroxylamine groups is 1. The summed E-state index contributed by atoms with van der Waals surface area (Å²) >= 11 is 7.19. The predicted molar refractivity (Wildman–Crippen MR) is 120 cm³/mol. The van der Waals surface area contributed by atoms with Gasteiger partial charge in [0.05, 0.1) is 6.54 Å². The van der Waals surface area contributed by atoms with Crippen molar-refractivity contribution in [3.8, 4) is 0 Å².